The average molecular weight is 360 g/mol. The van der Waals surface area contributed by atoms with Crippen molar-refractivity contribution in [3.8, 4) is 5.82 Å². The summed E-state index contributed by atoms with van der Waals surface area (Å²) in [6.45, 7) is -0.00430. The fraction of sp³-hybridized carbons (Fsp3) is 0.143. The standard InChI is InChI=1S/C14H13FN8O3/c1-25-7-10-11(18-22-23(10)13-12(16)20-26-21-13)14(24)19-17-6-8-3-2-4-9(15)5-8/h2-6H,7H2,1H3,(H2,16,20)(H,19,24)/b17-6+. The first-order valence-electron chi connectivity index (χ1n) is 7.21. The lowest BCUT2D eigenvalue weighted by molar-refractivity contribution is 0.0944. The predicted molar refractivity (Wildman–Crippen MR) is 85.8 cm³/mol. The molecule has 11 nitrogen and oxygen atoms in total. The fourth-order valence-corrected chi connectivity index (χ4v) is 2.06. The molecule has 0 unspecified atom stereocenters. The van der Waals surface area contributed by atoms with E-state index in [-0.39, 0.29) is 29.6 Å². The molecule has 0 bridgehead atoms. The first-order valence-corrected chi connectivity index (χ1v) is 7.21. The third kappa shape index (κ3) is 3.54. The van der Waals surface area contributed by atoms with E-state index in [0.29, 0.717) is 5.56 Å². The van der Waals surface area contributed by atoms with Crippen LogP contribution in [0.25, 0.3) is 5.82 Å². The first kappa shape index (κ1) is 17.2. The van der Waals surface area contributed by atoms with Crippen LogP contribution in [0.2, 0.25) is 0 Å². The minimum atomic E-state index is -0.647. The van der Waals surface area contributed by atoms with E-state index in [1.807, 2.05) is 0 Å². The second-order valence-electron chi connectivity index (χ2n) is 4.96. The molecule has 0 saturated heterocycles. The van der Waals surface area contributed by atoms with Crippen LogP contribution in [-0.2, 0) is 11.3 Å². The molecule has 0 fully saturated rings. The molecule has 134 valence electrons. The number of carbonyl (C=O) groups is 1. The van der Waals surface area contributed by atoms with Crippen molar-refractivity contribution in [3.63, 3.8) is 0 Å². The zero-order valence-electron chi connectivity index (χ0n) is 13.5. The zero-order chi connectivity index (χ0) is 18.5. The number of rotatable bonds is 6. The van der Waals surface area contributed by atoms with E-state index in [4.69, 9.17) is 10.5 Å². The smallest absolute Gasteiger partial charge is 0.293 e. The number of nitrogens with two attached hydrogens (primary N) is 1. The van der Waals surface area contributed by atoms with Gasteiger partial charge in [-0.1, -0.05) is 17.3 Å². The quantitative estimate of drug-likeness (QED) is 0.471. The third-order valence-electron chi connectivity index (χ3n) is 3.18. The number of methoxy groups -OCH3 is 1. The molecule has 12 heteroatoms. The molecule has 3 N–H and O–H groups in total. The van der Waals surface area contributed by atoms with Gasteiger partial charge in [-0.3, -0.25) is 4.79 Å². The van der Waals surface area contributed by atoms with Crippen molar-refractivity contribution in [2.24, 2.45) is 5.10 Å². The second-order valence-corrected chi connectivity index (χ2v) is 4.96. The molecule has 2 heterocycles. The summed E-state index contributed by atoms with van der Waals surface area (Å²) in [7, 11) is 1.44. The Morgan fingerprint density at radius 2 is 2.35 bits per heavy atom. The van der Waals surface area contributed by atoms with Gasteiger partial charge in [0.2, 0.25) is 11.6 Å². The summed E-state index contributed by atoms with van der Waals surface area (Å²) in [5.74, 6) is -1.01. The van der Waals surface area contributed by atoms with E-state index in [2.05, 4.69) is 35.8 Å². The Morgan fingerprint density at radius 3 is 3.04 bits per heavy atom. The molecular formula is C14H13FN8O3. The van der Waals surface area contributed by atoms with Gasteiger partial charge in [0, 0.05) is 7.11 Å². The summed E-state index contributed by atoms with van der Waals surface area (Å²) < 4.78 is 23.9. The van der Waals surface area contributed by atoms with Gasteiger partial charge in [-0.25, -0.2) is 14.4 Å². The number of nitrogens with zero attached hydrogens (tertiary/aromatic N) is 6. The van der Waals surface area contributed by atoms with Gasteiger partial charge in [-0.2, -0.15) is 9.78 Å². The lowest BCUT2D eigenvalue weighted by atomic mass is 10.2. The molecule has 0 aliphatic heterocycles. The molecular weight excluding hydrogens is 347 g/mol. The molecule has 0 aliphatic rings. The Labute approximate surface area is 145 Å². The van der Waals surface area contributed by atoms with Crippen LogP contribution in [0, 0.1) is 5.82 Å². The Kier molecular flexibility index (Phi) is 4.94. The summed E-state index contributed by atoms with van der Waals surface area (Å²) in [5, 5.41) is 18.4. The molecule has 26 heavy (non-hydrogen) atoms. The maximum absolute atomic E-state index is 13.1. The minimum Gasteiger partial charge on any atom is -0.378 e. The van der Waals surface area contributed by atoms with Gasteiger partial charge in [0.25, 0.3) is 5.91 Å². The van der Waals surface area contributed by atoms with Gasteiger partial charge in [0.1, 0.15) is 11.5 Å². The molecule has 1 amide bonds. The maximum atomic E-state index is 13.1. The molecule has 0 aliphatic carbocycles. The fourth-order valence-electron chi connectivity index (χ4n) is 2.06. The SMILES string of the molecule is COCc1c(C(=O)N/N=C/c2cccc(F)c2)nnn1-c1nonc1N. The van der Waals surface area contributed by atoms with E-state index in [1.54, 1.807) is 6.07 Å². The van der Waals surface area contributed by atoms with Gasteiger partial charge < -0.3 is 10.5 Å². The number of nitrogen functional groups attached to an aromatic ring is 1. The third-order valence-corrected chi connectivity index (χ3v) is 3.18. The first-order chi connectivity index (χ1) is 12.6. The number of hydrazone groups is 1. The number of carbonyl (C=O) groups excluding carboxylic acids is 1. The Bertz CT molecular complexity index is 951. The Balaban J connectivity index is 1.81. The van der Waals surface area contributed by atoms with Crippen molar-refractivity contribution in [3.05, 3.63) is 47.0 Å². The zero-order valence-corrected chi connectivity index (χ0v) is 13.5. The van der Waals surface area contributed by atoms with Crippen LogP contribution in [0.4, 0.5) is 10.2 Å². The van der Waals surface area contributed by atoms with E-state index in [9.17, 15) is 9.18 Å². The van der Waals surface area contributed by atoms with Gasteiger partial charge in [0.05, 0.1) is 12.8 Å². The average Bonchev–Trinajstić information content (AvgIpc) is 3.21. The predicted octanol–water partition coefficient (Wildman–Crippen LogP) is 0.282. The maximum Gasteiger partial charge on any atom is 0.293 e. The summed E-state index contributed by atoms with van der Waals surface area (Å²) in [5.41, 5.74) is 8.61. The minimum absolute atomic E-state index is 0.00430. The van der Waals surface area contributed by atoms with Crippen LogP contribution in [0.1, 0.15) is 21.7 Å². The van der Waals surface area contributed by atoms with Gasteiger partial charge in [-0.15, -0.1) is 5.10 Å². The number of hydrogen-bond donors (Lipinski definition) is 2. The summed E-state index contributed by atoms with van der Waals surface area (Å²) in [6.07, 6.45) is 1.29. The highest BCUT2D eigenvalue weighted by Crippen LogP contribution is 2.16. The van der Waals surface area contributed by atoms with Crippen molar-refractivity contribution in [2.75, 3.05) is 12.8 Å². The number of amides is 1. The van der Waals surface area contributed by atoms with Crippen LogP contribution < -0.4 is 11.2 Å². The van der Waals surface area contributed by atoms with Gasteiger partial charge >= 0.3 is 0 Å². The van der Waals surface area contributed by atoms with Crippen LogP contribution in [0.5, 0.6) is 0 Å². The molecule has 0 radical (unpaired) electrons. The largest absolute Gasteiger partial charge is 0.378 e. The second kappa shape index (κ2) is 7.48. The monoisotopic (exact) mass is 360 g/mol. The molecule has 2 aromatic heterocycles. The molecule has 3 rings (SSSR count). The van der Waals surface area contributed by atoms with Gasteiger partial charge in [-0.05, 0) is 28.0 Å². The van der Waals surface area contributed by atoms with E-state index < -0.39 is 11.7 Å². The molecule has 0 spiro atoms. The molecule has 1 aromatic carbocycles. The van der Waals surface area contributed by atoms with Crippen molar-refractivity contribution in [1.82, 2.24) is 30.7 Å². The molecule has 0 saturated carbocycles. The van der Waals surface area contributed by atoms with Crippen LogP contribution in [-0.4, -0.2) is 44.5 Å². The summed E-state index contributed by atoms with van der Waals surface area (Å²) in [6, 6.07) is 5.72. The summed E-state index contributed by atoms with van der Waals surface area (Å²) in [4.78, 5) is 12.3. The highest BCUT2D eigenvalue weighted by atomic mass is 19.1. The Hall–Kier alpha value is -3.67. The van der Waals surface area contributed by atoms with Crippen LogP contribution >= 0.6 is 0 Å². The highest BCUT2D eigenvalue weighted by Gasteiger charge is 2.23. The number of hydrogen-bond acceptors (Lipinski definition) is 9. The number of aromatic nitrogens is 5. The van der Waals surface area contributed by atoms with Crippen LogP contribution in [0.15, 0.2) is 34.0 Å². The Morgan fingerprint density at radius 1 is 1.50 bits per heavy atom. The van der Waals surface area contributed by atoms with E-state index in [0.717, 1.165) is 0 Å². The lowest BCUT2D eigenvalue weighted by Gasteiger charge is -2.03. The topological polar surface area (TPSA) is 146 Å². The number of halogens is 1. The van der Waals surface area contributed by atoms with Crippen molar-refractivity contribution >= 4 is 17.9 Å². The molecule has 0 atom stereocenters. The van der Waals surface area contributed by atoms with Crippen molar-refractivity contribution in [1.29, 1.82) is 0 Å². The van der Waals surface area contributed by atoms with Crippen molar-refractivity contribution in [2.45, 2.75) is 6.61 Å². The number of benzene rings is 1. The summed E-state index contributed by atoms with van der Waals surface area (Å²) >= 11 is 0. The molecule has 3 aromatic rings. The number of nitrogens with one attached hydrogen (secondary N) is 1. The normalized spacial score (nSPS) is 11.2. The van der Waals surface area contributed by atoms with E-state index in [1.165, 1.54) is 36.2 Å². The highest BCUT2D eigenvalue weighted by molar-refractivity contribution is 5.94. The number of anilines is 1. The van der Waals surface area contributed by atoms with Crippen LogP contribution in [0.3, 0.4) is 0 Å². The van der Waals surface area contributed by atoms with Crippen molar-refractivity contribution < 1.29 is 18.6 Å². The van der Waals surface area contributed by atoms with Gasteiger partial charge in [0.15, 0.2) is 5.69 Å². The number of ether oxygens (including phenoxy) is 1. The van der Waals surface area contributed by atoms with E-state index >= 15 is 0 Å². The lowest BCUT2D eigenvalue weighted by Crippen LogP contribution is -2.20.